The Kier molecular flexibility index (Phi) is 2.25. The number of nitrogens with one attached hydrogen (secondary N) is 2. The molecule has 0 bridgehead atoms. The van der Waals surface area contributed by atoms with Gasteiger partial charge in [-0.1, -0.05) is 0 Å². The van der Waals surface area contributed by atoms with Gasteiger partial charge in [0.2, 0.25) is 0 Å². The summed E-state index contributed by atoms with van der Waals surface area (Å²) in [5.41, 5.74) is 3.69. The summed E-state index contributed by atoms with van der Waals surface area (Å²) in [6.45, 7) is 4.07. The quantitative estimate of drug-likeness (QED) is 0.782. The van der Waals surface area contributed by atoms with Crippen LogP contribution in [0.25, 0.3) is 0 Å². The summed E-state index contributed by atoms with van der Waals surface area (Å²) >= 11 is 0. The number of fused-ring (bicyclic) bond motifs is 1. The van der Waals surface area contributed by atoms with Crippen molar-refractivity contribution in [3.8, 4) is 0 Å². The number of hydrogen-bond donors (Lipinski definition) is 2. The number of aromatic amines is 1. The lowest BCUT2D eigenvalue weighted by molar-refractivity contribution is 0.423. The smallest absolute Gasteiger partial charge is 0.0949 e. The van der Waals surface area contributed by atoms with Crippen molar-refractivity contribution in [2.45, 2.75) is 25.9 Å². The molecule has 2 aromatic heterocycles. The zero-order valence-corrected chi connectivity index (χ0v) is 9.27. The van der Waals surface area contributed by atoms with E-state index in [-0.39, 0.29) is 0 Å². The summed E-state index contributed by atoms with van der Waals surface area (Å²) in [6, 6.07) is 0.354. The van der Waals surface area contributed by atoms with Crippen molar-refractivity contribution in [2.24, 2.45) is 0 Å². The number of H-pyrrole nitrogens is 1. The maximum Gasteiger partial charge on any atom is 0.0949 e. The molecule has 3 heterocycles. The van der Waals surface area contributed by atoms with Crippen LogP contribution in [-0.2, 0) is 13.0 Å². The minimum absolute atomic E-state index is 0.354. The predicted molar refractivity (Wildman–Crippen MR) is 60.0 cm³/mol. The first kappa shape index (κ1) is 9.59. The standard InChI is InChI=1S/C11H15N5/c1-8-9(5-14-15-8)4-10-11-6-12-7-16(11)3-2-13-10/h5-7,10,13H,2-4H2,1H3,(H,14,15). The fourth-order valence-corrected chi connectivity index (χ4v) is 2.25. The highest BCUT2D eigenvalue weighted by molar-refractivity contribution is 5.20. The minimum atomic E-state index is 0.354. The third-order valence-electron chi connectivity index (χ3n) is 3.20. The van der Waals surface area contributed by atoms with Crippen LogP contribution in [0, 0.1) is 6.92 Å². The van der Waals surface area contributed by atoms with E-state index < -0.39 is 0 Å². The first-order chi connectivity index (χ1) is 7.84. The normalized spacial score (nSPS) is 19.7. The molecule has 0 saturated carbocycles. The number of aryl methyl sites for hydroxylation is 1. The van der Waals surface area contributed by atoms with Gasteiger partial charge in [-0.05, 0) is 18.9 Å². The van der Waals surface area contributed by atoms with E-state index in [9.17, 15) is 0 Å². The molecular formula is C11H15N5. The van der Waals surface area contributed by atoms with Gasteiger partial charge in [0.25, 0.3) is 0 Å². The third kappa shape index (κ3) is 1.53. The lowest BCUT2D eigenvalue weighted by Crippen LogP contribution is -2.34. The molecule has 0 amide bonds. The van der Waals surface area contributed by atoms with Crippen molar-refractivity contribution in [3.63, 3.8) is 0 Å². The predicted octanol–water partition coefficient (Wildman–Crippen LogP) is 0.802. The molecule has 2 aromatic rings. The van der Waals surface area contributed by atoms with E-state index in [0.717, 1.165) is 25.2 Å². The first-order valence-corrected chi connectivity index (χ1v) is 5.57. The second-order valence-electron chi connectivity index (χ2n) is 4.24. The van der Waals surface area contributed by atoms with Crippen molar-refractivity contribution >= 4 is 0 Å². The van der Waals surface area contributed by atoms with Crippen LogP contribution in [0.3, 0.4) is 0 Å². The summed E-state index contributed by atoms with van der Waals surface area (Å²) < 4.78 is 2.22. The van der Waals surface area contributed by atoms with E-state index in [0.29, 0.717) is 6.04 Å². The van der Waals surface area contributed by atoms with E-state index in [1.54, 1.807) is 0 Å². The van der Waals surface area contributed by atoms with Crippen LogP contribution in [0.1, 0.15) is 23.0 Å². The van der Waals surface area contributed by atoms with E-state index >= 15 is 0 Å². The van der Waals surface area contributed by atoms with Crippen LogP contribution in [0.4, 0.5) is 0 Å². The largest absolute Gasteiger partial charge is 0.332 e. The van der Waals surface area contributed by atoms with E-state index in [4.69, 9.17) is 0 Å². The van der Waals surface area contributed by atoms with Gasteiger partial charge in [-0.2, -0.15) is 5.10 Å². The maximum atomic E-state index is 4.21. The first-order valence-electron chi connectivity index (χ1n) is 5.57. The van der Waals surface area contributed by atoms with Crippen molar-refractivity contribution < 1.29 is 0 Å². The zero-order chi connectivity index (χ0) is 11.0. The molecular weight excluding hydrogens is 202 g/mol. The molecule has 1 aliphatic rings. The van der Waals surface area contributed by atoms with Crippen LogP contribution in [0.2, 0.25) is 0 Å². The molecule has 0 radical (unpaired) electrons. The Morgan fingerprint density at radius 2 is 2.44 bits per heavy atom. The van der Waals surface area contributed by atoms with Crippen LogP contribution in [-0.4, -0.2) is 26.3 Å². The minimum Gasteiger partial charge on any atom is -0.332 e. The van der Waals surface area contributed by atoms with E-state index in [2.05, 4.69) is 32.0 Å². The van der Waals surface area contributed by atoms with E-state index in [1.807, 2.05) is 18.7 Å². The van der Waals surface area contributed by atoms with Crippen LogP contribution >= 0.6 is 0 Å². The van der Waals surface area contributed by atoms with Gasteiger partial charge in [0, 0.05) is 25.0 Å². The SMILES string of the molecule is Cc1[nH]ncc1CC1NCCn2cncc21. The Hall–Kier alpha value is -1.62. The van der Waals surface area contributed by atoms with Gasteiger partial charge in [0.15, 0.2) is 0 Å². The number of imidazole rings is 1. The molecule has 16 heavy (non-hydrogen) atoms. The molecule has 1 aliphatic heterocycles. The molecule has 1 atom stereocenters. The highest BCUT2D eigenvalue weighted by Gasteiger charge is 2.20. The number of aromatic nitrogens is 4. The van der Waals surface area contributed by atoms with Gasteiger partial charge in [-0.25, -0.2) is 4.98 Å². The van der Waals surface area contributed by atoms with Crippen LogP contribution in [0.5, 0.6) is 0 Å². The topological polar surface area (TPSA) is 58.5 Å². The van der Waals surface area contributed by atoms with Gasteiger partial charge in [0.1, 0.15) is 0 Å². The van der Waals surface area contributed by atoms with Gasteiger partial charge in [-0.3, -0.25) is 5.10 Å². The fourth-order valence-electron chi connectivity index (χ4n) is 2.25. The van der Waals surface area contributed by atoms with Gasteiger partial charge in [0.05, 0.1) is 24.3 Å². The van der Waals surface area contributed by atoms with Crippen molar-refractivity contribution in [3.05, 3.63) is 35.7 Å². The molecule has 0 aromatic carbocycles. The maximum absolute atomic E-state index is 4.21. The zero-order valence-electron chi connectivity index (χ0n) is 9.27. The van der Waals surface area contributed by atoms with Gasteiger partial charge >= 0.3 is 0 Å². The van der Waals surface area contributed by atoms with E-state index in [1.165, 1.54) is 11.3 Å². The average Bonchev–Trinajstić information content (AvgIpc) is 2.89. The second kappa shape index (κ2) is 3.75. The molecule has 0 fully saturated rings. The molecule has 5 heteroatoms. The molecule has 5 nitrogen and oxygen atoms in total. The Labute approximate surface area is 93.9 Å². The Balaban J connectivity index is 1.85. The Bertz CT molecular complexity index is 484. The highest BCUT2D eigenvalue weighted by Crippen LogP contribution is 2.21. The Morgan fingerprint density at radius 3 is 3.25 bits per heavy atom. The lowest BCUT2D eigenvalue weighted by atomic mass is 10.0. The highest BCUT2D eigenvalue weighted by atomic mass is 15.1. The summed E-state index contributed by atoms with van der Waals surface area (Å²) in [7, 11) is 0. The van der Waals surface area contributed by atoms with Crippen molar-refractivity contribution in [1.82, 2.24) is 25.1 Å². The number of rotatable bonds is 2. The molecule has 0 saturated heterocycles. The molecule has 84 valence electrons. The van der Waals surface area contributed by atoms with Crippen LogP contribution in [0.15, 0.2) is 18.7 Å². The molecule has 2 N–H and O–H groups in total. The summed E-state index contributed by atoms with van der Waals surface area (Å²) in [5.74, 6) is 0. The van der Waals surface area contributed by atoms with Crippen molar-refractivity contribution in [2.75, 3.05) is 6.54 Å². The van der Waals surface area contributed by atoms with Crippen LogP contribution < -0.4 is 5.32 Å². The van der Waals surface area contributed by atoms with Gasteiger partial charge < -0.3 is 9.88 Å². The number of hydrogen-bond acceptors (Lipinski definition) is 3. The number of nitrogens with zero attached hydrogens (tertiary/aromatic N) is 3. The van der Waals surface area contributed by atoms with Crippen molar-refractivity contribution in [1.29, 1.82) is 0 Å². The third-order valence-corrected chi connectivity index (χ3v) is 3.20. The molecule has 1 unspecified atom stereocenters. The molecule has 0 spiro atoms. The second-order valence-corrected chi connectivity index (χ2v) is 4.24. The molecule has 3 rings (SSSR count). The Morgan fingerprint density at radius 1 is 1.50 bits per heavy atom. The summed E-state index contributed by atoms with van der Waals surface area (Å²) in [6.07, 6.45) is 6.73. The average molecular weight is 217 g/mol. The molecule has 0 aliphatic carbocycles. The van der Waals surface area contributed by atoms with Gasteiger partial charge in [-0.15, -0.1) is 0 Å². The fraction of sp³-hybridized carbons (Fsp3) is 0.455. The summed E-state index contributed by atoms with van der Waals surface area (Å²) in [5, 5.41) is 10.6. The lowest BCUT2D eigenvalue weighted by Gasteiger charge is -2.25. The summed E-state index contributed by atoms with van der Waals surface area (Å²) in [4.78, 5) is 4.21. The monoisotopic (exact) mass is 217 g/mol.